The van der Waals surface area contributed by atoms with Crippen molar-refractivity contribution in [3.8, 4) is 46.6 Å². The van der Waals surface area contributed by atoms with Crippen LogP contribution in [0.2, 0.25) is 0 Å². The Morgan fingerprint density at radius 1 is 0.531 bits per heavy atom. The Balaban J connectivity index is 1.96. The first-order valence-corrected chi connectivity index (χ1v) is 16.5. The van der Waals surface area contributed by atoms with E-state index < -0.39 is 20.3 Å². The van der Waals surface area contributed by atoms with Gasteiger partial charge in [0.05, 0.1) is 77.1 Å². The van der Waals surface area contributed by atoms with Crippen LogP contribution in [-0.4, -0.2) is 51.1 Å². The first-order chi connectivity index (χ1) is 23.7. The van der Waals surface area contributed by atoms with E-state index in [1.807, 2.05) is 0 Å². The van der Waals surface area contributed by atoms with Crippen molar-refractivity contribution in [2.45, 2.75) is 10.5 Å². The molecule has 4 aromatic carbocycles. The molecule has 0 fully saturated rings. The number of methoxy groups -OCH3 is 6. The SMILES string of the molecule is COc1cc(OC)c(C=CC(c2ccc(C#N)cc2)S(=O)(=O)C(C=Cc2c(OC)cc(OC)cc2OC)c2ccc(C#N)cc2)c(OC)c1. The highest BCUT2D eigenvalue weighted by atomic mass is 32.2. The van der Waals surface area contributed by atoms with Crippen molar-refractivity contribution in [2.24, 2.45) is 0 Å². The predicted molar refractivity (Wildman–Crippen MR) is 187 cm³/mol. The van der Waals surface area contributed by atoms with Gasteiger partial charge in [-0.2, -0.15) is 10.5 Å². The summed E-state index contributed by atoms with van der Waals surface area (Å²) in [5.41, 5.74) is 2.60. The van der Waals surface area contributed by atoms with Gasteiger partial charge in [-0.05, 0) is 47.5 Å². The van der Waals surface area contributed by atoms with E-state index in [1.54, 1.807) is 97.1 Å². The third kappa shape index (κ3) is 7.98. The molecule has 0 N–H and O–H groups in total. The standard InChI is InChI=1S/C38H36N2O8S/c1-43-29-19-33(45-3)31(34(20-29)46-4)15-17-37(27-11-7-25(23-39)8-12-27)49(41,42)38(28-13-9-26(24-40)10-14-28)18-16-32-35(47-5)21-30(44-2)22-36(32)48-6/h7-22,37-38H,1-6H3. The molecular formula is C38H36N2O8S. The summed E-state index contributed by atoms with van der Waals surface area (Å²) in [5.74, 6) is 2.63. The highest BCUT2D eigenvalue weighted by molar-refractivity contribution is 7.92. The molecule has 11 heteroatoms. The van der Waals surface area contributed by atoms with E-state index in [-0.39, 0.29) is 0 Å². The van der Waals surface area contributed by atoms with Gasteiger partial charge in [-0.25, -0.2) is 8.42 Å². The molecule has 10 nitrogen and oxygen atoms in total. The van der Waals surface area contributed by atoms with Crippen LogP contribution < -0.4 is 28.4 Å². The first kappa shape index (κ1) is 35.9. The van der Waals surface area contributed by atoms with Gasteiger partial charge in [0.15, 0.2) is 9.84 Å². The summed E-state index contributed by atoms with van der Waals surface area (Å²) in [5, 5.41) is 16.4. The minimum Gasteiger partial charge on any atom is -0.496 e. The number of hydrogen-bond donors (Lipinski definition) is 0. The van der Waals surface area contributed by atoms with Crippen molar-refractivity contribution in [1.82, 2.24) is 0 Å². The maximum absolute atomic E-state index is 15.0. The molecule has 0 radical (unpaired) electrons. The molecule has 252 valence electrons. The first-order valence-electron chi connectivity index (χ1n) is 14.9. The van der Waals surface area contributed by atoms with Crippen LogP contribution in [0.25, 0.3) is 12.2 Å². The summed E-state index contributed by atoms with van der Waals surface area (Å²) in [6.07, 6.45) is 6.38. The van der Waals surface area contributed by atoms with E-state index in [4.69, 9.17) is 28.4 Å². The van der Waals surface area contributed by atoms with Crippen molar-refractivity contribution < 1.29 is 36.8 Å². The molecule has 0 spiro atoms. The third-order valence-corrected chi connectivity index (χ3v) is 10.1. The summed E-state index contributed by atoms with van der Waals surface area (Å²) in [4.78, 5) is 0. The molecule has 0 aliphatic heterocycles. The van der Waals surface area contributed by atoms with Crippen LogP contribution in [0, 0.1) is 22.7 Å². The maximum atomic E-state index is 15.0. The molecule has 2 atom stereocenters. The van der Waals surface area contributed by atoms with Crippen molar-refractivity contribution in [3.05, 3.63) is 118 Å². The largest absolute Gasteiger partial charge is 0.496 e. The number of benzene rings is 4. The smallest absolute Gasteiger partial charge is 0.171 e. The van der Waals surface area contributed by atoms with Gasteiger partial charge in [0, 0.05) is 24.3 Å². The second-order valence-corrected chi connectivity index (χ2v) is 12.7. The average Bonchev–Trinajstić information content (AvgIpc) is 3.14. The number of nitriles is 2. The molecule has 0 heterocycles. The number of nitrogens with zero attached hydrogens (tertiary/aromatic N) is 2. The monoisotopic (exact) mass is 680 g/mol. The minimum atomic E-state index is -4.20. The lowest BCUT2D eigenvalue weighted by molar-refractivity contribution is 0.374. The van der Waals surface area contributed by atoms with Crippen molar-refractivity contribution >= 4 is 22.0 Å². The summed E-state index contributed by atoms with van der Waals surface area (Å²) < 4.78 is 63.2. The Morgan fingerprint density at radius 3 is 1.08 bits per heavy atom. The molecule has 0 saturated carbocycles. The third-order valence-electron chi connectivity index (χ3n) is 7.83. The Labute approximate surface area is 286 Å². The molecule has 0 aromatic heterocycles. The van der Waals surface area contributed by atoms with Gasteiger partial charge in [0.25, 0.3) is 0 Å². The molecular weight excluding hydrogens is 644 g/mol. The summed E-state index contributed by atoms with van der Waals surface area (Å²) in [6.45, 7) is 0. The van der Waals surface area contributed by atoms with E-state index in [0.29, 0.717) is 67.9 Å². The average molecular weight is 681 g/mol. The van der Waals surface area contributed by atoms with Gasteiger partial charge in [-0.3, -0.25) is 0 Å². The number of ether oxygens (including phenoxy) is 6. The van der Waals surface area contributed by atoms with E-state index in [0.717, 1.165) is 0 Å². The fourth-order valence-electron chi connectivity index (χ4n) is 5.23. The fraction of sp³-hybridized carbons (Fsp3) is 0.211. The summed E-state index contributed by atoms with van der Waals surface area (Å²) in [7, 11) is 4.81. The zero-order valence-corrected chi connectivity index (χ0v) is 28.8. The van der Waals surface area contributed by atoms with E-state index in [2.05, 4.69) is 12.1 Å². The summed E-state index contributed by atoms with van der Waals surface area (Å²) >= 11 is 0. The Hall–Kier alpha value is -5.91. The minimum absolute atomic E-state index is 0.379. The molecule has 0 aliphatic carbocycles. The van der Waals surface area contributed by atoms with Crippen molar-refractivity contribution in [2.75, 3.05) is 42.7 Å². The lowest BCUT2D eigenvalue weighted by atomic mass is 10.1. The van der Waals surface area contributed by atoms with Gasteiger partial charge >= 0.3 is 0 Å². The highest BCUT2D eigenvalue weighted by Gasteiger charge is 2.34. The van der Waals surface area contributed by atoms with Crippen LogP contribution in [0.4, 0.5) is 0 Å². The number of hydrogen-bond acceptors (Lipinski definition) is 10. The molecule has 4 aromatic rings. The van der Waals surface area contributed by atoms with Crippen LogP contribution in [0.5, 0.6) is 34.5 Å². The van der Waals surface area contributed by atoms with Gasteiger partial charge in [0.2, 0.25) is 0 Å². The van der Waals surface area contributed by atoms with Gasteiger partial charge < -0.3 is 28.4 Å². The topological polar surface area (TPSA) is 137 Å². The maximum Gasteiger partial charge on any atom is 0.171 e. The lowest BCUT2D eigenvalue weighted by Gasteiger charge is -2.22. The number of rotatable bonds is 14. The van der Waals surface area contributed by atoms with Crippen LogP contribution in [0.15, 0.2) is 84.9 Å². The zero-order chi connectivity index (χ0) is 35.6. The lowest BCUT2D eigenvalue weighted by Crippen LogP contribution is -2.19. The predicted octanol–water partition coefficient (Wildman–Crippen LogP) is 7.11. The number of sulfone groups is 1. The normalized spacial score (nSPS) is 12.5. The van der Waals surface area contributed by atoms with Crippen molar-refractivity contribution in [1.29, 1.82) is 10.5 Å². The van der Waals surface area contributed by atoms with Gasteiger partial charge in [-0.15, -0.1) is 0 Å². The summed E-state index contributed by atoms with van der Waals surface area (Å²) in [6, 6.07) is 23.6. The molecule has 0 saturated heterocycles. The van der Waals surface area contributed by atoms with Gasteiger partial charge in [0.1, 0.15) is 45.0 Å². The van der Waals surface area contributed by atoms with E-state index in [1.165, 1.54) is 42.7 Å². The second kappa shape index (κ2) is 16.3. The molecule has 0 bridgehead atoms. The second-order valence-electron chi connectivity index (χ2n) is 10.5. The Bertz CT molecular complexity index is 1830. The molecule has 0 aliphatic rings. The molecule has 4 rings (SSSR count). The fourth-order valence-corrected chi connectivity index (χ4v) is 7.22. The zero-order valence-electron chi connectivity index (χ0n) is 28.0. The van der Waals surface area contributed by atoms with Gasteiger partial charge in [-0.1, -0.05) is 36.4 Å². The van der Waals surface area contributed by atoms with Crippen LogP contribution in [0.1, 0.15) is 43.9 Å². The van der Waals surface area contributed by atoms with Crippen LogP contribution in [0.3, 0.4) is 0 Å². The quantitative estimate of drug-likeness (QED) is 0.136. The van der Waals surface area contributed by atoms with Crippen molar-refractivity contribution in [3.63, 3.8) is 0 Å². The Kier molecular flexibility index (Phi) is 11.9. The Morgan fingerprint density at radius 2 is 0.837 bits per heavy atom. The highest BCUT2D eigenvalue weighted by Crippen LogP contribution is 2.41. The van der Waals surface area contributed by atoms with Crippen LogP contribution >= 0.6 is 0 Å². The van der Waals surface area contributed by atoms with Crippen LogP contribution in [-0.2, 0) is 9.84 Å². The van der Waals surface area contributed by atoms with E-state index >= 15 is 8.42 Å². The molecule has 0 amide bonds. The molecule has 49 heavy (non-hydrogen) atoms. The molecule has 2 unspecified atom stereocenters. The van der Waals surface area contributed by atoms with E-state index in [9.17, 15) is 10.5 Å².